The van der Waals surface area contributed by atoms with Gasteiger partial charge in [-0.25, -0.2) is 0 Å². The Morgan fingerprint density at radius 1 is 1.47 bits per heavy atom. The van der Waals surface area contributed by atoms with E-state index in [0.717, 1.165) is 12.1 Å². The summed E-state index contributed by atoms with van der Waals surface area (Å²) in [4.78, 5) is 12.0. The number of rotatable bonds is 6. The van der Waals surface area contributed by atoms with Gasteiger partial charge >= 0.3 is 0 Å². The van der Waals surface area contributed by atoms with Crippen LogP contribution in [-0.2, 0) is 7.05 Å². The summed E-state index contributed by atoms with van der Waals surface area (Å²) >= 11 is 0. The van der Waals surface area contributed by atoms with Crippen molar-refractivity contribution >= 4 is 5.91 Å². The number of aliphatic hydroxyl groups is 1. The fourth-order valence-electron chi connectivity index (χ4n) is 1.75. The van der Waals surface area contributed by atoms with Crippen molar-refractivity contribution in [1.82, 2.24) is 15.1 Å². The highest BCUT2D eigenvalue weighted by Crippen LogP contribution is 2.13. The number of nitrogens with one attached hydrogen (secondary N) is 1. The van der Waals surface area contributed by atoms with E-state index in [1.165, 1.54) is 0 Å². The maximum absolute atomic E-state index is 12.0. The standard InChI is InChI=1S/C14H25N3O2/c1-6-10(4)13(18)8-15-14(19)12-7-11(9(2)3)16-17(12)5/h7,9-10,13,18H,6,8H2,1-5H3,(H,15,19). The molecule has 0 aliphatic heterocycles. The van der Waals surface area contributed by atoms with Crippen molar-refractivity contribution in [2.75, 3.05) is 6.54 Å². The van der Waals surface area contributed by atoms with Crippen LogP contribution in [0.4, 0.5) is 0 Å². The van der Waals surface area contributed by atoms with E-state index in [4.69, 9.17) is 0 Å². The van der Waals surface area contributed by atoms with Crippen LogP contribution in [0.2, 0.25) is 0 Å². The van der Waals surface area contributed by atoms with Crippen molar-refractivity contribution in [2.45, 2.75) is 46.1 Å². The van der Waals surface area contributed by atoms with Crippen molar-refractivity contribution in [2.24, 2.45) is 13.0 Å². The van der Waals surface area contributed by atoms with E-state index >= 15 is 0 Å². The molecule has 0 aliphatic rings. The number of amides is 1. The Bertz CT molecular complexity index is 426. The molecule has 1 rings (SSSR count). The van der Waals surface area contributed by atoms with E-state index in [1.807, 2.05) is 27.7 Å². The molecule has 0 aromatic carbocycles. The van der Waals surface area contributed by atoms with Crippen LogP contribution < -0.4 is 5.32 Å². The Kier molecular flexibility index (Phi) is 5.54. The summed E-state index contributed by atoms with van der Waals surface area (Å²) in [5.74, 6) is 0.278. The van der Waals surface area contributed by atoms with Gasteiger partial charge in [0.2, 0.25) is 0 Å². The number of carbonyl (C=O) groups excluding carboxylic acids is 1. The maximum Gasteiger partial charge on any atom is 0.269 e. The first kappa shape index (κ1) is 15.7. The van der Waals surface area contributed by atoms with Crippen LogP contribution in [0.1, 0.15) is 56.2 Å². The summed E-state index contributed by atoms with van der Waals surface area (Å²) in [6.07, 6.45) is 0.381. The molecule has 19 heavy (non-hydrogen) atoms. The van der Waals surface area contributed by atoms with Gasteiger partial charge in [-0.1, -0.05) is 34.1 Å². The Morgan fingerprint density at radius 3 is 2.58 bits per heavy atom. The first-order chi connectivity index (χ1) is 8.86. The van der Waals surface area contributed by atoms with Crippen LogP contribution in [0, 0.1) is 5.92 Å². The summed E-state index contributed by atoms with van der Waals surface area (Å²) < 4.78 is 1.58. The minimum Gasteiger partial charge on any atom is -0.391 e. The average molecular weight is 267 g/mol. The second-order valence-electron chi connectivity index (χ2n) is 5.40. The smallest absolute Gasteiger partial charge is 0.269 e. The van der Waals surface area contributed by atoms with Crippen LogP contribution in [0.5, 0.6) is 0 Å². The number of nitrogens with zero attached hydrogens (tertiary/aromatic N) is 2. The minimum atomic E-state index is -0.508. The number of aliphatic hydroxyl groups excluding tert-OH is 1. The third-order valence-corrected chi connectivity index (χ3v) is 3.50. The third-order valence-electron chi connectivity index (χ3n) is 3.50. The first-order valence-corrected chi connectivity index (χ1v) is 6.87. The highest BCUT2D eigenvalue weighted by atomic mass is 16.3. The summed E-state index contributed by atoms with van der Waals surface area (Å²) in [6, 6.07) is 1.80. The molecule has 0 saturated heterocycles. The molecule has 1 aromatic rings. The maximum atomic E-state index is 12.0. The molecule has 108 valence electrons. The summed E-state index contributed by atoms with van der Waals surface area (Å²) in [7, 11) is 1.76. The zero-order chi connectivity index (χ0) is 14.6. The number of aromatic nitrogens is 2. The molecule has 0 saturated carbocycles. The molecule has 0 radical (unpaired) electrons. The van der Waals surface area contributed by atoms with Crippen molar-refractivity contribution in [3.05, 3.63) is 17.5 Å². The molecule has 5 nitrogen and oxygen atoms in total. The molecule has 2 atom stereocenters. The number of hydrogen-bond donors (Lipinski definition) is 2. The zero-order valence-corrected chi connectivity index (χ0v) is 12.5. The molecular formula is C14H25N3O2. The normalized spacial score (nSPS) is 14.5. The van der Waals surface area contributed by atoms with E-state index in [1.54, 1.807) is 17.8 Å². The molecule has 1 amide bonds. The van der Waals surface area contributed by atoms with Crippen molar-refractivity contribution in [3.8, 4) is 0 Å². The number of aryl methyl sites for hydroxylation is 1. The lowest BCUT2D eigenvalue weighted by molar-refractivity contribution is 0.0842. The van der Waals surface area contributed by atoms with Gasteiger partial charge in [-0.15, -0.1) is 0 Å². The van der Waals surface area contributed by atoms with Crippen LogP contribution in [0.15, 0.2) is 6.07 Å². The van der Waals surface area contributed by atoms with E-state index in [2.05, 4.69) is 10.4 Å². The van der Waals surface area contributed by atoms with Gasteiger partial charge in [-0.3, -0.25) is 9.48 Å². The predicted molar refractivity (Wildman–Crippen MR) is 75.1 cm³/mol. The van der Waals surface area contributed by atoms with Gasteiger partial charge in [0, 0.05) is 13.6 Å². The van der Waals surface area contributed by atoms with E-state index in [0.29, 0.717) is 11.6 Å². The zero-order valence-electron chi connectivity index (χ0n) is 12.5. The van der Waals surface area contributed by atoms with Crippen LogP contribution in [0.25, 0.3) is 0 Å². The van der Waals surface area contributed by atoms with Gasteiger partial charge in [-0.2, -0.15) is 5.10 Å². The lowest BCUT2D eigenvalue weighted by Gasteiger charge is -2.17. The van der Waals surface area contributed by atoms with Gasteiger partial charge in [0.05, 0.1) is 11.8 Å². The SMILES string of the molecule is CCC(C)C(O)CNC(=O)c1cc(C(C)C)nn1C. The number of carbonyl (C=O) groups is 1. The summed E-state index contributed by atoms with van der Waals surface area (Å²) in [5, 5.41) is 16.9. The van der Waals surface area contributed by atoms with Crippen LogP contribution >= 0.6 is 0 Å². The molecule has 1 aromatic heterocycles. The lowest BCUT2D eigenvalue weighted by Crippen LogP contribution is -2.36. The predicted octanol–water partition coefficient (Wildman–Crippen LogP) is 1.68. The topological polar surface area (TPSA) is 67.2 Å². The van der Waals surface area contributed by atoms with Crippen molar-refractivity contribution < 1.29 is 9.90 Å². The summed E-state index contributed by atoms with van der Waals surface area (Å²) in [6.45, 7) is 8.34. The fraction of sp³-hybridized carbons (Fsp3) is 0.714. The molecule has 5 heteroatoms. The molecule has 1 heterocycles. The second kappa shape index (κ2) is 6.70. The fourth-order valence-corrected chi connectivity index (χ4v) is 1.75. The van der Waals surface area contributed by atoms with Crippen LogP contribution in [-0.4, -0.2) is 33.4 Å². The Morgan fingerprint density at radius 2 is 2.11 bits per heavy atom. The van der Waals surface area contributed by atoms with Crippen LogP contribution in [0.3, 0.4) is 0 Å². The third kappa shape index (κ3) is 4.06. The Balaban J connectivity index is 2.63. The monoisotopic (exact) mass is 267 g/mol. The molecular weight excluding hydrogens is 242 g/mol. The number of hydrogen-bond acceptors (Lipinski definition) is 3. The van der Waals surface area contributed by atoms with Gasteiger partial charge in [-0.05, 0) is 17.9 Å². The second-order valence-corrected chi connectivity index (χ2v) is 5.40. The lowest BCUT2D eigenvalue weighted by atomic mass is 10.0. The van der Waals surface area contributed by atoms with E-state index in [-0.39, 0.29) is 18.4 Å². The summed E-state index contributed by atoms with van der Waals surface area (Å²) in [5.41, 5.74) is 1.43. The molecule has 2 N–H and O–H groups in total. The van der Waals surface area contributed by atoms with Gasteiger partial charge in [0.15, 0.2) is 0 Å². The average Bonchev–Trinajstić information content (AvgIpc) is 2.76. The molecule has 0 fully saturated rings. The Hall–Kier alpha value is -1.36. The Labute approximate surface area is 115 Å². The molecule has 0 aliphatic carbocycles. The van der Waals surface area contributed by atoms with Gasteiger partial charge in [0.25, 0.3) is 5.91 Å². The van der Waals surface area contributed by atoms with Gasteiger partial charge in [0.1, 0.15) is 5.69 Å². The van der Waals surface area contributed by atoms with Crippen molar-refractivity contribution in [1.29, 1.82) is 0 Å². The van der Waals surface area contributed by atoms with Gasteiger partial charge < -0.3 is 10.4 Å². The van der Waals surface area contributed by atoms with Crippen molar-refractivity contribution in [3.63, 3.8) is 0 Å². The highest BCUT2D eigenvalue weighted by Gasteiger charge is 2.17. The quantitative estimate of drug-likeness (QED) is 0.824. The molecule has 0 bridgehead atoms. The molecule has 0 spiro atoms. The largest absolute Gasteiger partial charge is 0.391 e. The molecule has 2 unspecified atom stereocenters. The van der Waals surface area contributed by atoms with E-state index in [9.17, 15) is 9.90 Å². The minimum absolute atomic E-state index is 0.179. The highest BCUT2D eigenvalue weighted by molar-refractivity contribution is 5.92. The first-order valence-electron chi connectivity index (χ1n) is 6.87. The van der Waals surface area contributed by atoms with E-state index < -0.39 is 6.10 Å².